The number of sulfonamides is 1. The molecule has 0 saturated heterocycles. The summed E-state index contributed by atoms with van der Waals surface area (Å²) < 4.78 is 39.3. The lowest BCUT2D eigenvalue weighted by molar-refractivity contribution is -0.144. The number of nitrogens with zero attached hydrogens (tertiary/aromatic N) is 1. The summed E-state index contributed by atoms with van der Waals surface area (Å²) in [6.45, 7) is 7.85. The molecule has 0 aliphatic heterocycles. The third kappa shape index (κ3) is 6.49. The Labute approximate surface area is 183 Å². The average molecular weight is 451 g/mol. The molecule has 1 N–H and O–H groups in total. The molecule has 1 aromatic heterocycles. The second-order valence-corrected chi connectivity index (χ2v) is 9.18. The Morgan fingerprint density at radius 3 is 2.39 bits per heavy atom. The van der Waals surface area contributed by atoms with Crippen molar-refractivity contribution < 1.29 is 27.5 Å². The van der Waals surface area contributed by atoms with Crippen molar-refractivity contribution in [3.63, 3.8) is 0 Å². The average Bonchev–Trinajstić information content (AvgIpc) is 3.00. The summed E-state index contributed by atoms with van der Waals surface area (Å²) in [6, 6.07) is 6.88. The molecule has 0 fully saturated rings. The topological polar surface area (TPSA) is 104 Å². The second kappa shape index (κ2) is 10.7. The molecular weight excluding hydrogens is 420 g/mol. The molecule has 0 radical (unpaired) electrons. The van der Waals surface area contributed by atoms with Crippen LogP contribution >= 0.6 is 0 Å². The van der Waals surface area contributed by atoms with Gasteiger partial charge in [-0.25, -0.2) is 8.42 Å². The van der Waals surface area contributed by atoms with Gasteiger partial charge in [0.15, 0.2) is 6.61 Å². The molecule has 1 aromatic carbocycles. The van der Waals surface area contributed by atoms with Crippen molar-refractivity contribution in [2.75, 3.05) is 20.3 Å². The van der Waals surface area contributed by atoms with E-state index in [0.717, 1.165) is 29.9 Å². The molecule has 1 atom stereocenters. The highest BCUT2D eigenvalue weighted by atomic mass is 32.2. The second-order valence-electron chi connectivity index (χ2n) is 7.47. The zero-order valence-corrected chi connectivity index (χ0v) is 19.4. The van der Waals surface area contributed by atoms with Crippen LogP contribution in [0.3, 0.4) is 0 Å². The lowest BCUT2D eigenvalue weighted by Crippen LogP contribution is -2.40. The van der Waals surface area contributed by atoms with Crippen molar-refractivity contribution >= 4 is 21.8 Å². The number of carbonyl (C=O) groups excluding carboxylic acids is 2. The van der Waals surface area contributed by atoms with E-state index < -0.39 is 28.6 Å². The SMILES string of the molecule is COCCCn1c(C)cc(C(=O)COC(=O)[C@H](C)NS(=O)(=O)c2ccc(C)cc2)c1C. The molecule has 0 aliphatic rings. The molecule has 0 aliphatic carbocycles. The van der Waals surface area contributed by atoms with Crippen LogP contribution < -0.4 is 4.72 Å². The highest BCUT2D eigenvalue weighted by Crippen LogP contribution is 2.17. The van der Waals surface area contributed by atoms with Gasteiger partial charge in [-0.05, 0) is 52.3 Å². The van der Waals surface area contributed by atoms with Crippen LogP contribution in [0.5, 0.6) is 0 Å². The Hall–Kier alpha value is -2.49. The number of aryl methyl sites for hydroxylation is 2. The fourth-order valence-corrected chi connectivity index (χ4v) is 4.39. The smallest absolute Gasteiger partial charge is 0.324 e. The van der Waals surface area contributed by atoms with E-state index in [1.54, 1.807) is 25.3 Å². The van der Waals surface area contributed by atoms with Crippen molar-refractivity contribution in [3.8, 4) is 0 Å². The van der Waals surface area contributed by atoms with E-state index in [2.05, 4.69) is 4.72 Å². The summed E-state index contributed by atoms with van der Waals surface area (Å²) in [4.78, 5) is 24.9. The maximum Gasteiger partial charge on any atom is 0.324 e. The van der Waals surface area contributed by atoms with E-state index in [-0.39, 0.29) is 10.7 Å². The fourth-order valence-electron chi connectivity index (χ4n) is 3.20. The van der Waals surface area contributed by atoms with Gasteiger partial charge in [-0.15, -0.1) is 0 Å². The predicted octanol–water partition coefficient (Wildman–Crippen LogP) is 2.54. The van der Waals surface area contributed by atoms with Gasteiger partial charge in [0.1, 0.15) is 6.04 Å². The Kier molecular flexibility index (Phi) is 8.55. The first-order valence-electron chi connectivity index (χ1n) is 10.0. The van der Waals surface area contributed by atoms with E-state index >= 15 is 0 Å². The Bertz CT molecular complexity index is 1030. The van der Waals surface area contributed by atoms with Crippen molar-refractivity contribution in [1.29, 1.82) is 0 Å². The largest absolute Gasteiger partial charge is 0.456 e. The number of rotatable bonds is 11. The summed E-state index contributed by atoms with van der Waals surface area (Å²) in [7, 11) is -2.24. The standard InChI is InChI=1S/C22H30N2O6S/c1-15-7-9-19(10-8-15)31(27,28)23-17(3)22(26)30-14-21(25)20-13-16(2)24(18(20)4)11-6-12-29-5/h7-10,13,17,23H,6,11-12,14H2,1-5H3/t17-/m0/s1. The number of aromatic nitrogens is 1. The summed E-state index contributed by atoms with van der Waals surface area (Å²) in [5.41, 5.74) is 3.13. The third-order valence-corrected chi connectivity index (χ3v) is 6.52. The summed E-state index contributed by atoms with van der Waals surface area (Å²) in [5, 5.41) is 0. The third-order valence-electron chi connectivity index (χ3n) is 4.97. The number of ketones is 1. The lowest BCUT2D eigenvalue weighted by atomic mass is 10.1. The molecule has 9 heteroatoms. The van der Waals surface area contributed by atoms with Gasteiger partial charge < -0.3 is 14.0 Å². The zero-order valence-electron chi connectivity index (χ0n) is 18.6. The van der Waals surface area contributed by atoms with Crippen LogP contribution in [0.2, 0.25) is 0 Å². The van der Waals surface area contributed by atoms with Gasteiger partial charge in [0.25, 0.3) is 0 Å². The van der Waals surface area contributed by atoms with Crippen LogP contribution in [0.1, 0.15) is 40.7 Å². The van der Waals surface area contributed by atoms with Crippen LogP contribution in [0.15, 0.2) is 35.2 Å². The molecule has 31 heavy (non-hydrogen) atoms. The van der Waals surface area contributed by atoms with Gasteiger partial charge >= 0.3 is 5.97 Å². The Morgan fingerprint density at radius 1 is 1.13 bits per heavy atom. The number of nitrogens with one attached hydrogen (secondary N) is 1. The van der Waals surface area contributed by atoms with Crippen molar-refractivity contribution in [3.05, 3.63) is 52.8 Å². The lowest BCUT2D eigenvalue weighted by Gasteiger charge is -2.14. The summed E-state index contributed by atoms with van der Waals surface area (Å²) >= 11 is 0. The normalized spacial score (nSPS) is 12.5. The first kappa shape index (κ1) is 24.8. The van der Waals surface area contributed by atoms with Gasteiger partial charge in [0.2, 0.25) is 15.8 Å². The number of methoxy groups -OCH3 is 1. The van der Waals surface area contributed by atoms with Crippen molar-refractivity contribution in [2.24, 2.45) is 0 Å². The Morgan fingerprint density at radius 2 is 1.77 bits per heavy atom. The molecule has 2 aromatic rings. The monoisotopic (exact) mass is 450 g/mol. The van der Waals surface area contributed by atoms with Crippen LogP contribution in [0.25, 0.3) is 0 Å². The van der Waals surface area contributed by atoms with E-state index in [9.17, 15) is 18.0 Å². The number of carbonyl (C=O) groups is 2. The van der Waals surface area contributed by atoms with E-state index in [1.165, 1.54) is 19.1 Å². The maximum absolute atomic E-state index is 12.6. The number of benzene rings is 1. The molecule has 0 spiro atoms. The fraction of sp³-hybridized carbons (Fsp3) is 0.455. The molecular formula is C22H30N2O6S. The minimum atomic E-state index is -3.88. The maximum atomic E-state index is 12.6. The molecule has 2 rings (SSSR count). The minimum absolute atomic E-state index is 0.0507. The molecule has 0 amide bonds. The minimum Gasteiger partial charge on any atom is -0.456 e. The molecule has 0 bridgehead atoms. The molecule has 170 valence electrons. The summed E-state index contributed by atoms with van der Waals surface area (Å²) in [6.07, 6.45) is 0.814. The van der Waals surface area contributed by atoms with Gasteiger partial charge in [0, 0.05) is 37.2 Å². The summed E-state index contributed by atoms with van der Waals surface area (Å²) in [5.74, 6) is -1.16. The molecule has 8 nitrogen and oxygen atoms in total. The van der Waals surface area contributed by atoms with Crippen molar-refractivity contribution in [1.82, 2.24) is 9.29 Å². The van der Waals surface area contributed by atoms with Gasteiger partial charge in [-0.3, -0.25) is 9.59 Å². The molecule has 0 saturated carbocycles. The number of hydrogen-bond donors (Lipinski definition) is 1. The molecule has 0 unspecified atom stereocenters. The van der Waals surface area contributed by atoms with Crippen LogP contribution in [0.4, 0.5) is 0 Å². The van der Waals surface area contributed by atoms with Gasteiger partial charge in [0.05, 0.1) is 4.90 Å². The van der Waals surface area contributed by atoms with Crippen LogP contribution in [0, 0.1) is 20.8 Å². The highest BCUT2D eigenvalue weighted by molar-refractivity contribution is 7.89. The van der Waals surface area contributed by atoms with Crippen molar-refractivity contribution in [2.45, 2.75) is 51.6 Å². The number of hydrogen-bond acceptors (Lipinski definition) is 6. The Balaban J connectivity index is 1.96. The quantitative estimate of drug-likeness (QED) is 0.321. The number of esters is 1. The molecule has 1 heterocycles. The number of Topliss-reactive ketones (excluding diaryl/α,β-unsaturated/α-hetero) is 1. The first-order chi connectivity index (χ1) is 14.6. The number of ether oxygens (including phenoxy) is 2. The van der Waals surface area contributed by atoms with Gasteiger partial charge in [-0.2, -0.15) is 4.72 Å². The van der Waals surface area contributed by atoms with E-state index in [4.69, 9.17) is 9.47 Å². The first-order valence-corrected chi connectivity index (χ1v) is 11.5. The highest BCUT2D eigenvalue weighted by Gasteiger charge is 2.24. The van der Waals surface area contributed by atoms with E-state index in [0.29, 0.717) is 12.2 Å². The van der Waals surface area contributed by atoms with Crippen LogP contribution in [-0.4, -0.2) is 51.1 Å². The van der Waals surface area contributed by atoms with Crippen LogP contribution in [-0.2, 0) is 30.8 Å². The van der Waals surface area contributed by atoms with Gasteiger partial charge in [-0.1, -0.05) is 17.7 Å². The predicted molar refractivity (Wildman–Crippen MR) is 117 cm³/mol. The van der Waals surface area contributed by atoms with E-state index in [1.807, 2.05) is 25.3 Å². The zero-order chi connectivity index (χ0) is 23.2.